The highest BCUT2D eigenvalue weighted by Gasteiger charge is 2.08. The van der Waals surface area contributed by atoms with E-state index in [4.69, 9.17) is 5.73 Å². The third-order valence-electron chi connectivity index (χ3n) is 2.99. The summed E-state index contributed by atoms with van der Waals surface area (Å²) in [5.74, 6) is 0.0179. The van der Waals surface area contributed by atoms with Crippen LogP contribution >= 0.6 is 0 Å². The molecule has 0 aliphatic rings. The zero-order chi connectivity index (χ0) is 13.0. The van der Waals surface area contributed by atoms with Gasteiger partial charge in [0.05, 0.1) is 6.42 Å². The van der Waals surface area contributed by atoms with E-state index in [0.717, 1.165) is 16.3 Å². The van der Waals surface area contributed by atoms with Crippen LogP contribution in [0.4, 0.5) is 0 Å². The van der Waals surface area contributed by atoms with E-state index in [1.54, 1.807) is 0 Å². The lowest BCUT2D eigenvalue weighted by Gasteiger charge is -2.12. The molecule has 0 saturated heterocycles. The Morgan fingerprint density at radius 2 is 1.94 bits per heavy atom. The van der Waals surface area contributed by atoms with Crippen molar-refractivity contribution >= 4 is 16.7 Å². The Balaban J connectivity index is 2.19. The maximum Gasteiger partial charge on any atom is 0.224 e. The van der Waals surface area contributed by atoms with Gasteiger partial charge >= 0.3 is 0 Å². The van der Waals surface area contributed by atoms with Gasteiger partial charge in [0.2, 0.25) is 5.91 Å². The second kappa shape index (κ2) is 5.65. The van der Waals surface area contributed by atoms with E-state index in [-0.39, 0.29) is 11.9 Å². The second-order valence-electron chi connectivity index (χ2n) is 4.52. The predicted octanol–water partition coefficient (Wildman–Crippen LogP) is 1.85. The third kappa shape index (κ3) is 2.87. The molecule has 0 heterocycles. The van der Waals surface area contributed by atoms with Gasteiger partial charge in [-0.2, -0.15) is 0 Å². The minimum Gasteiger partial charge on any atom is -0.352 e. The van der Waals surface area contributed by atoms with Gasteiger partial charge in [-0.05, 0) is 23.3 Å². The first-order valence-electron chi connectivity index (χ1n) is 6.17. The Morgan fingerprint density at radius 1 is 1.22 bits per heavy atom. The summed E-state index contributed by atoms with van der Waals surface area (Å²) < 4.78 is 0. The van der Waals surface area contributed by atoms with Crippen molar-refractivity contribution < 1.29 is 4.79 Å². The van der Waals surface area contributed by atoms with Crippen molar-refractivity contribution in [3.8, 4) is 0 Å². The molecule has 0 aromatic heterocycles. The van der Waals surface area contributed by atoms with Gasteiger partial charge in [-0.3, -0.25) is 4.79 Å². The second-order valence-corrected chi connectivity index (χ2v) is 4.52. The first-order chi connectivity index (χ1) is 8.70. The molecule has 0 spiro atoms. The molecule has 0 saturated carbocycles. The number of fused-ring (bicyclic) bond motifs is 1. The molecule has 2 rings (SSSR count). The third-order valence-corrected chi connectivity index (χ3v) is 2.99. The summed E-state index contributed by atoms with van der Waals surface area (Å²) in [4.78, 5) is 11.9. The Bertz CT molecular complexity index is 546. The fraction of sp³-hybridized carbons (Fsp3) is 0.267. The summed E-state index contributed by atoms with van der Waals surface area (Å²) in [6.07, 6.45) is 0.395. The molecule has 94 valence electrons. The van der Waals surface area contributed by atoms with Crippen molar-refractivity contribution in [1.82, 2.24) is 5.32 Å². The van der Waals surface area contributed by atoms with Crippen LogP contribution in [0.15, 0.2) is 42.5 Å². The summed E-state index contributed by atoms with van der Waals surface area (Å²) in [5, 5.41) is 5.18. The topological polar surface area (TPSA) is 55.1 Å². The first-order valence-corrected chi connectivity index (χ1v) is 6.17. The van der Waals surface area contributed by atoms with Crippen molar-refractivity contribution in [1.29, 1.82) is 0 Å². The molecular weight excluding hydrogens is 224 g/mol. The number of hydrogen-bond donors (Lipinski definition) is 2. The highest BCUT2D eigenvalue weighted by Crippen LogP contribution is 2.18. The van der Waals surface area contributed by atoms with Crippen molar-refractivity contribution in [3.05, 3.63) is 48.0 Å². The van der Waals surface area contributed by atoms with E-state index >= 15 is 0 Å². The van der Waals surface area contributed by atoms with Crippen LogP contribution in [-0.4, -0.2) is 18.5 Å². The zero-order valence-corrected chi connectivity index (χ0v) is 10.5. The van der Waals surface area contributed by atoms with Gasteiger partial charge in [0.1, 0.15) is 0 Å². The molecular formula is C15H18N2O. The smallest absolute Gasteiger partial charge is 0.224 e. The highest BCUT2D eigenvalue weighted by molar-refractivity contribution is 5.90. The lowest BCUT2D eigenvalue weighted by atomic mass is 10.0. The van der Waals surface area contributed by atoms with Gasteiger partial charge in [-0.25, -0.2) is 0 Å². The summed E-state index contributed by atoms with van der Waals surface area (Å²) in [6, 6.07) is 14.1. The number of hydrogen-bond acceptors (Lipinski definition) is 2. The van der Waals surface area contributed by atoms with Crippen LogP contribution in [0, 0.1) is 0 Å². The largest absolute Gasteiger partial charge is 0.352 e. The molecule has 0 aliphatic heterocycles. The molecule has 1 unspecified atom stereocenters. The van der Waals surface area contributed by atoms with E-state index in [0.29, 0.717) is 13.0 Å². The van der Waals surface area contributed by atoms with Crippen LogP contribution in [0.2, 0.25) is 0 Å². The molecule has 1 amide bonds. The minimum absolute atomic E-state index is 0.0179. The van der Waals surface area contributed by atoms with Gasteiger partial charge in [-0.1, -0.05) is 42.5 Å². The van der Waals surface area contributed by atoms with Crippen LogP contribution in [0.25, 0.3) is 10.8 Å². The maximum absolute atomic E-state index is 11.9. The standard InChI is InChI=1S/C15H18N2O/c1-11(10-16)17-15(18)9-13-7-4-6-12-5-2-3-8-14(12)13/h2-8,11H,9-10,16H2,1H3,(H,17,18). The molecule has 0 bridgehead atoms. The van der Waals surface area contributed by atoms with Crippen molar-refractivity contribution in [3.63, 3.8) is 0 Å². The average Bonchev–Trinajstić information content (AvgIpc) is 2.39. The van der Waals surface area contributed by atoms with Gasteiger partial charge < -0.3 is 11.1 Å². The Kier molecular flexibility index (Phi) is 3.95. The number of amides is 1. The monoisotopic (exact) mass is 242 g/mol. The Hall–Kier alpha value is -1.87. The number of rotatable bonds is 4. The first kappa shape index (κ1) is 12.6. The van der Waals surface area contributed by atoms with Gasteiger partial charge in [0, 0.05) is 12.6 Å². The highest BCUT2D eigenvalue weighted by atomic mass is 16.1. The minimum atomic E-state index is 0.0179. The van der Waals surface area contributed by atoms with Crippen molar-refractivity contribution in [2.45, 2.75) is 19.4 Å². The van der Waals surface area contributed by atoms with Crippen LogP contribution in [0.3, 0.4) is 0 Å². The summed E-state index contributed by atoms with van der Waals surface area (Å²) in [7, 11) is 0. The van der Waals surface area contributed by atoms with E-state index < -0.39 is 0 Å². The molecule has 3 heteroatoms. The molecule has 0 aliphatic carbocycles. The van der Waals surface area contributed by atoms with E-state index in [9.17, 15) is 4.79 Å². The number of benzene rings is 2. The maximum atomic E-state index is 11.9. The zero-order valence-electron chi connectivity index (χ0n) is 10.5. The van der Waals surface area contributed by atoms with Crippen LogP contribution in [0.1, 0.15) is 12.5 Å². The summed E-state index contributed by atoms with van der Waals surface area (Å²) >= 11 is 0. The summed E-state index contributed by atoms with van der Waals surface area (Å²) in [5.41, 5.74) is 6.54. The van der Waals surface area contributed by atoms with E-state index in [1.165, 1.54) is 0 Å². The molecule has 1 atom stereocenters. The quantitative estimate of drug-likeness (QED) is 0.859. The van der Waals surface area contributed by atoms with Gasteiger partial charge in [0.25, 0.3) is 0 Å². The van der Waals surface area contributed by atoms with Gasteiger partial charge in [-0.15, -0.1) is 0 Å². The molecule has 2 aromatic rings. The lowest BCUT2D eigenvalue weighted by molar-refractivity contribution is -0.120. The number of nitrogens with one attached hydrogen (secondary N) is 1. The number of nitrogens with two attached hydrogens (primary N) is 1. The van der Waals surface area contributed by atoms with E-state index in [2.05, 4.69) is 17.4 Å². The molecule has 2 aromatic carbocycles. The normalized spacial score (nSPS) is 12.3. The van der Waals surface area contributed by atoms with Crippen molar-refractivity contribution in [2.75, 3.05) is 6.54 Å². The average molecular weight is 242 g/mol. The molecule has 3 nitrogen and oxygen atoms in total. The lowest BCUT2D eigenvalue weighted by Crippen LogP contribution is -2.38. The SMILES string of the molecule is CC(CN)NC(=O)Cc1cccc2ccccc12. The number of carbonyl (C=O) groups is 1. The fourth-order valence-electron chi connectivity index (χ4n) is 2.00. The molecule has 0 fully saturated rings. The van der Waals surface area contributed by atoms with Crippen molar-refractivity contribution in [2.24, 2.45) is 5.73 Å². The Labute approximate surface area is 107 Å². The van der Waals surface area contributed by atoms with Crippen LogP contribution in [-0.2, 0) is 11.2 Å². The molecule has 18 heavy (non-hydrogen) atoms. The number of carbonyl (C=O) groups excluding carboxylic acids is 1. The summed E-state index contributed by atoms with van der Waals surface area (Å²) in [6.45, 7) is 2.36. The fourth-order valence-corrected chi connectivity index (χ4v) is 2.00. The molecule has 0 radical (unpaired) electrons. The predicted molar refractivity (Wildman–Crippen MR) is 74.3 cm³/mol. The van der Waals surface area contributed by atoms with Crippen LogP contribution in [0.5, 0.6) is 0 Å². The molecule has 3 N–H and O–H groups in total. The van der Waals surface area contributed by atoms with Crippen LogP contribution < -0.4 is 11.1 Å². The Morgan fingerprint density at radius 3 is 2.72 bits per heavy atom. The van der Waals surface area contributed by atoms with Gasteiger partial charge in [0.15, 0.2) is 0 Å². The van der Waals surface area contributed by atoms with E-state index in [1.807, 2.05) is 37.3 Å².